The van der Waals surface area contributed by atoms with E-state index in [1.807, 2.05) is 0 Å². The second-order valence-corrected chi connectivity index (χ2v) is 17.3. The molecule has 0 heterocycles. The molecule has 0 spiro atoms. The molecular formula is C36H52O5Si. The summed E-state index contributed by atoms with van der Waals surface area (Å²) >= 11 is 0. The molecule has 230 valence electrons. The summed E-state index contributed by atoms with van der Waals surface area (Å²) in [6, 6.07) is 21.8. The molecule has 2 aliphatic carbocycles. The van der Waals surface area contributed by atoms with Gasteiger partial charge in [0.1, 0.15) is 13.6 Å². The third-order valence-corrected chi connectivity index (χ3v) is 14.5. The minimum absolute atomic E-state index is 0.0279. The molecule has 42 heavy (non-hydrogen) atoms. The molecule has 0 aromatic heterocycles. The largest absolute Gasteiger partial charge is 0.407 e. The number of methoxy groups -OCH3 is 2. The zero-order valence-corrected chi connectivity index (χ0v) is 27.5. The fraction of sp³-hybridized carbons (Fsp3) is 0.556. The molecule has 5 nitrogen and oxygen atoms in total. The topological polar surface area (TPSA) is 46.2 Å². The summed E-state index contributed by atoms with van der Waals surface area (Å²) in [4.78, 5) is 0. The van der Waals surface area contributed by atoms with Crippen LogP contribution in [0.2, 0.25) is 5.04 Å². The first-order valence-electron chi connectivity index (χ1n) is 15.6. The molecule has 0 radical (unpaired) electrons. The Balaban J connectivity index is 1.54. The van der Waals surface area contributed by atoms with Crippen molar-refractivity contribution in [3.63, 3.8) is 0 Å². The Hall–Kier alpha value is -2.06. The molecule has 1 fully saturated rings. The van der Waals surface area contributed by atoms with Crippen LogP contribution in [0.4, 0.5) is 0 Å². The fourth-order valence-corrected chi connectivity index (χ4v) is 12.4. The molecule has 2 aliphatic rings. The van der Waals surface area contributed by atoms with Crippen molar-refractivity contribution in [2.45, 2.75) is 70.4 Å². The van der Waals surface area contributed by atoms with E-state index in [0.717, 1.165) is 45.1 Å². The standard InChI is InChI=1S/C36H52O5Si/c1-7-22-36-30(20-21-31(36)24-29(26-39-27-37-5)25-34(36)40-28-38-6)15-14-23-41-42(35(2,3)4,32-16-10-8-11-17-32)33-18-12-9-13-19-33/h7-13,16-20,29,31,34H,1,14-15,21-28H2,2-6H3/t29-,31-,34-,36-/m1/s1. The molecular weight excluding hydrogens is 540 g/mol. The highest BCUT2D eigenvalue weighted by Gasteiger charge is 2.54. The highest BCUT2D eigenvalue weighted by molar-refractivity contribution is 6.99. The molecule has 0 saturated heterocycles. The minimum Gasteiger partial charge on any atom is -0.407 e. The van der Waals surface area contributed by atoms with Crippen LogP contribution in [0.5, 0.6) is 0 Å². The van der Waals surface area contributed by atoms with E-state index in [2.05, 4.69) is 100 Å². The van der Waals surface area contributed by atoms with Gasteiger partial charge >= 0.3 is 0 Å². The predicted molar refractivity (Wildman–Crippen MR) is 174 cm³/mol. The zero-order chi connectivity index (χ0) is 30.1. The zero-order valence-electron chi connectivity index (χ0n) is 26.5. The number of hydrogen-bond donors (Lipinski definition) is 0. The molecule has 6 heteroatoms. The van der Waals surface area contributed by atoms with Crippen molar-refractivity contribution in [1.29, 1.82) is 0 Å². The van der Waals surface area contributed by atoms with E-state index in [1.54, 1.807) is 14.2 Å². The van der Waals surface area contributed by atoms with Crippen LogP contribution >= 0.6 is 0 Å². The van der Waals surface area contributed by atoms with Crippen LogP contribution in [0.1, 0.15) is 59.3 Å². The monoisotopic (exact) mass is 592 g/mol. The van der Waals surface area contributed by atoms with Crippen molar-refractivity contribution >= 4 is 18.7 Å². The maximum Gasteiger partial charge on any atom is 0.261 e. The summed E-state index contributed by atoms with van der Waals surface area (Å²) in [7, 11) is 0.822. The van der Waals surface area contributed by atoms with Gasteiger partial charge in [0.15, 0.2) is 0 Å². The molecule has 4 atom stereocenters. The maximum atomic E-state index is 7.23. The molecule has 0 amide bonds. The Bertz CT molecular complexity index is 1090. The van der Waals surface area contributed by atoms with Gasteiger partial charge < -0.3 is 23.4 Å². The summed E-state index contributed by atoms with van der Waals surface area (Å²) in [5.41, 5.74) is 1.46. The number of allylic oxidation sites excluding steroid dienone is 2. The molecule has 0 unspecified atom stereocenters. The molecule has 0 bridgehead atoms. The summed E-state index contributed by atoms with van der Waals surface area (Å²) < 4.78 is 30.0. The lowest BCUT2D eigenvalue weighted by Gasteiger charge is -2.50. The first-order valence-corrected chi connectivity index (χ1v) is 17.5. The second kappa shape index (κ2) is 15.1. The van der Waals surface area contributed by atoms with Gasteiger partial charge in [0, 0.05) is 26.2 Å². The van der Waals surface area contributed by atoms with Crippen LogP contribution in [0.3, 0.4) is 0 Å². The van der Waals surface area contributed by atoms with Gasteiger partial charge in [-0.3, -0.25) is 0 Å². The van der Waals surface area contributed by atoms with Gasteiger partial charge in [0.05, 0.1) is 12.7 Å². The quantitative estimate of drug-likeness (QED) is 0.0921. The number of fused-ring (bicyclic) bond motifs is 1. The number of rotatable bonds is 16. The van der Waals surface area contributed by atoms with E-state index in [1.165, 1.54) is 15.9 Å². The van der Waals surface area contributed by atoms with Crippen molar-refractivity contribution in [3.05, 3.63) is 85.0 Å². The number of ether oxygens (including phenoxy) is 4. The average molecular weight is 593 g/mol. The van der Waals surface area contributed by atoms with E-state index < -0.39 is 8.32 Å². The average Bonchev–Trinajstić information content (AvgIpc) is 3.34. The number of benzene rings is 2. The highest BCUT2D eigenvalue weighted by atomic mass is 28.4. The van der Waals surface area contributed by atoms with Crippen LogP contribution in [-0.4, -0.2) is 55.4 Å². The van der Waals surface area contributed by atoms with Crippen LogP contribution in [-0.2, 0) is 23.4 Å². The Morgan fingerprint density at radius 2 is 1.57 bits per heavy atom. The van der Waals surface area contributed by atoms with Crippen molar-refractivity contribution < 1.29 is 23.4 Å². The molecule has 2 aromatic rings. The SMILES string of the molecule is C=CC[C@@]12C(CCCO[Si](c3ccccc3)(c3ccccc3)C(C)(C)C)=CC[C@@H]1C[C@@H](COCOC)C[C@H]2OCOC. The van der Waals surface area contributed by atoms with Gasteiger partial charge in [-0.2, -0.15) is 0 Å². The summed E-state index contributed by atoms with van der Waals surface area (Å²) in [5.74, 6) is 0.950. The minimum atomic E-state index is -2.55. The summed E-state index contributed by atoms with van der Waals surface area (Å²) in [6.07, 6.45) is 10.7. The summed E-state index contributed by atoms with van der Waals surface area (Å²) in [6.45, 7) is 13.3. The van der Waals surface area contributed by atoms with E-state index in [0.29, 0.717) is 32.0 Å². The molecule has 2 aromatic carbocycles. The van der Waals surface area contributed by atoms with Gasteiger partial charge in [-0.1, -0.05) is 99.2 Å². The van der Waals surface area contributed by atoms with Gasteiger partial charge in [0.2, 0.25) is 0 Å². The third-order valence-electron chi connectivity index (χ3n) is 9.46. The Labute approximate surface area is 255 Å². The maximum absolute atomic E-state index is 7.23. The highest BCUT2D eigenvalue weighted by Crippen LogP contribution is 2.58. The van der Waals surface area contributed by atoms with Crippen molar-refractivity contribution in [3.8, 4) is 0 Å². The molecule has 1 saturated carbocycles. The lowest BCUT2D eigenvalue weighted by Crippen LogP contribution is -2.66. The molecule has 0 N–H and O–H groups in total. The van der Waals surface area contributed by atoms with Crippen molar-refractivity contribution in [2.24, 2.45) is 17.3 Å². The number of hydrogen-bond acceptors (Lipinski definition) is 5. The predicted octanol–water partition coefficient (Wildman–Crippen LogP) is 6.87. The van der Waals surface area contributed by atoms with Crippen molar-refractivity contribution in [1.82, 2.24) is 0 Å². The Kier molecular flexibility index (Phi) is 11.8. The van der Waals surface area contributed by atoms with Gasteiger partial charge in [-0.05, 0) is 65.8 Å². The van der Waals surface area contributed by atoms with Crippen LogP contribution < -0.4 is 10.4 Å². The lowest BCUT2D eigenvalue weighted by atomic mass is 9.58. The van der Waals surface area contributed by atoms with E-state index >= 15 is 0 Å². The first-order chi connectivity index (χ1) is 20.3. The second-order valence-electron chi connectivity index (χ2n) is 13.0. The van der Waals surface area contributed by atoms with Crippen LogP contribution in [0.25, 0.3) is 0 Å². The third kappa shape index (κ3) is 6.85. The van der Waals surface area contributed by atoms with Crippen LogP contribution in [0, 0.1) is 17.3 Å². The van der Waals surface area contributed by atoms with Gasteiger partial charge in [0.25, 0.3) is 8.32 Å². The van der Waals surface area contributed by atoms with Gasteiger partial charge in [-0.25, -0.2) is 0 Å². The first kappa shape index (κ1) is 32.8. The van der Waals surface area contributed by atoms with E-state index in [9.17, 15) is 0 Å². The Morgan fingerprint density at radius 1 is 0.929 bits per heavy atom. The lowest BCUT2D eigenvalue weighted by molar-refractivity contribution is -0.153. The van der Waals surface area contributed by atoms with E-state index in [4.69, 9.17) is 23.4 Å². The fourth-order valence-electron chi connectivity index (χ4n) is 7.79. The smallest absolute Gasteiger partial charge is 0.261 e. The van der Waals surface area contributed by atoms with Crippen molar-refractivity contribution in [2.75, 3.05) is 41.0 Å². The van der Waals surface area contributed by atoms with E-state index in [-0.39, 0.29) is 16.6 Å². The summed E-state index contributed by atoms with van der Waals surface area (Å²) in [5, 5.41) is 2.63. The van der Waals surface area contributed by atoms with Crippen LogP contribution in [0.15, 0.2) is 85.0 Å². The molecule has 0 aliphatic heterocycles. The Morgan fingerprint density at radius 3 is 2.14 bits per heavy atom. The normalized spacial score (nSPS) is 24.3. The molecule has 4 rings (SSSR count). The van der Waals surface area contributed by atoms with Gasteiger partial charge in [-0.15, -0.1) is 6.58 Å².